The van der Waals surface area contributed by atoms with Crippen LogP contribution in [-0.4, -0.2) is 41.4 Å². The summed E-state index contributed by atoms with van der Waals surface area (Å²) in [6.07, 6.45) is -4.95. The molecule has 1 heterocycles. The first-order chi connectivity index (χ1) is 11.9. The normalized spacial score (nSPS) is 21.6. The van der Waals surface area contributed by atoms with Crippen LogP contribution < -0.4 is 0 Å². The molecule has 8 heteroatoms. The highest BCUT2D eigenvalue weighted by atomic mass is 19.4. The molecule has 0 aromatic heterocycles. The van der Waals surface area contributed by atoms with Gasteiger partial charge in [-0.05, 0) is 50.8 Å². The third-order valence-electron chi connectivity index (χ3n) is 4.34. The first-order valence-corrected chi connectivity index (χ1v) is 8.38. The van der Waals surface area contributed by atoms with E-state index in [1.165, 1.54) is 11.0 Å². The molecule has 1 aromatic rings. The van der Waals surface area contributed by atoms with Crippen LogP contribution in [0, 0.1) is 11.7 Å². The smallest absolute Gasteiger partial charge is 0.419 e. The molecule has 1 amide bonds. The predicted octanol–water partition coefficient (Wildman–Crippen LogP) is 4.18. The Morgan fingerprint density at radius 1 is 1.31 bits per heavy atom. The summed E-state index contributed by atoms with van der Waals surface area (Å²) in [6, 6.07) is 2.90. The molecule has 1 fully saturated rings. The summed E-state index contributed by atoms with van der Waals surface area (Å²) in [6.45, 7) is 5.35. The molecule has 0 aliphatic carbocycles. The highest BCUT2D eigenvalue weighted by Gasteiger charge is 2.37. The number of aliphatic hydroxyl groups is 1. The molecule has 1 aliphatic rings. The van der Waals surface area contributed by atoms with Gasteiger partial charge in [0, 0.05) is 25.6 Å². The van der Waals surface area contributed by atoms with Gasteiger partial charge >= 0.3 is 12.3 Å². The minimum Gasteiger partial charge on any atom is -0.444 e. The molecular weight excluding hydrogens is 354 g/mol. The van der Waals surface area contributed by atoms with Crippen molar-refractivity contribution in [3.8, 4) is 0 Å². The lowest BCUT2D eigenvalue weighted by atomic mass is 9.80. The summed E-state index contributed by atoms with van der Waals surface area (Å²) in [7, 11) is 0. The number of aliphatic hydroxyl groups excluding tert-OH is 1. The Bertz CT molecular complexity index is 655. The van der Waals surface area contributed by atoms with Crippen LogP contribution in [0.4, 0.5) is 22.4 Å². The molecule has 0 unspecified atom stereocenters. The number of amides is 1. The van der Waals surface area contributed by atoms with Crippen molar-refractivity contribution in [2.45, 2.75) is 44.9 Å². The van der Waals surface area contributed by atoms with Gasteiger partial charge in [0.25, 0.3) is 0 Å². The van der Waals surface area contributed by atoms with Gasteiger partial charge in [-0.1, -0.05) is 6.07 Å². The summed E-state index contributed by atoms with van der Waals surface area (Å²) in [5.74, 6) is -2.18. The van der Waals surface area contributed by atoms with E-state index in [9.17, 15) is 27.5 Å². The number of piperidine rings is 1. The summed E-state index contributed by atoms with van der Waals surface area (Å²) >= 11 is 0. The van der Waals surface area contributed by atoms with Crippen molar-refractivity contribution in [2.75, 3.05) is 19.7 Å². The van der Waals surface area contributed by atoms with Gasteiger partial charge in [0.15, 0.2) is 0 Å². The standard InChI is InChI=1S/C18H23F4NO3/c1-17(2,3)26-16(25)23-7-6-13(12(9-23)10-24)11-4-5-15(19)14(8-11)18(20,21)22/h4-5,8,12-13,24H,6-7,9-10H2,1-3H3/t12-,13-/m1/s1. The number of likely N-dealkylation sites (tertiary alicyclic amines) is 1. The molecule has 0 spiro atoms. The summed E-state index contributed by atoms with van der Waals surface area (Å²) in [5.41, 5.74) is -1.68. The fourth-order valence-electron chi connectivity index (χ4n) is 3.14. The van der Waals surface area contributed by atoms with Crippen LogP contribution in [0.25, 0.3) is 0 Å². The van der Waals surface area contributed by atoms with Crippen molar-refractivity contribution in [3.63, 3.8) is 0 Å². The minimum absolute atomic E-state index is 0.162. The van der Waals surface area contributed by atoms with E-state index in [0.717, 1.165) is 12.1 Å². The first-order valence-electron chi connectivity index (χ1n) is 8.38. The minimum atomic E-state index is -4.79. The van der Waals surface area contributed by atoms with Crippen LogP contribution in [0.3, 0.4) is 0 Å². The Kier molecular flexibility index (Phi) is 5.85. The molecule has 1 saturated heterocycles. The van der Waals surface area contributed by atoms with Crippen molar-refractivity contribution in [2.24, 2.45) is 5.92 Å². The first kappa shape index (κ1) is 20.5. The maximum atomic E-state index is 13.5. The van der Waals surface area contributed by atoms with Crippen LogP contribution in [0.15, 0.2) is 18.2 Å². The Hall–Kier alpha value is -1.83. The molecule has 0 saturated carbocycles. The van der Waals surface area contributed by atoms with Crippen LogP contribution in [0.2, 0.25) is 0 Å². The Balaban J connectivity index is 2.19. The van der Waals surface area contributed by atoms with Gasteiger partial charge in [-0.2, -0.15) is 13.2 Å². The second-order valence-electron chi connectivity index (χ2n) is 7.50. The van der Waals surface area contributed by atoms with Crippen LogP contribution >= 0.6 is 0 Å². The van der Waals surface area contributed by atoms with E-state index >= 15 is 0 Å². The van der Waals surface area contributed by atoms with Crippen molar-refractivity contribution in [1.82, 2.24) is 4.90 Å². The zero-order chi connectivity index (χ0) is 19.7. The second kappa shape index (κ2) is 7.42. The number of rotatable bonds is 2. The number of alkyl halides is 3. The Morgan fingerprint density at radius 2 is 1.96 bits per heavy atom. The number of hydrogen-bond donors (Lipinski definition) is 1. The quantitative estimate of drug-likeness (QED) is 0.787. The maximum absolute atomic E-state index is 13.5. The molecule has 146 valence electrons. The average molecular weight is 377 g/mol. The summed E-state index contributed by atoms with van der Waals surface area (Å²) in [5, 5.41) is 9.66. The molecule has 26 heavy (non-hydrogen) atoms. The molecule has 4 nitrogen and oxygen atoms in total. The van der Waals surface area contributed by atoms with E-state index in [1.807, 2.05) is 0 Å². The molecule has 2 atom stereocenters. The number of halogens is 4. The van der Waals surface area contributed by atoms with E-state index in [1.54, 1.807) is 20.8 Å². The number of carbonyl (C=O) groups is 1. The van der Waals surface area contributed by atoms with Gasteiger partial charge in [-0.15, -0.1) is 0 Å². The number of benzene rings is 1. The lowest BCUT2D eigenvalue weighted by Gasteiger charge is -2.38. The monoisotopic (exact) mass is 377 g/mol. The van der Waals surface area contributed by atoms with Gasteiger partial charge in [-0.3, -0.25) is 0 Å². The van der Waals surface area contributed by atoms with Gasteiger partial charge in [-0.25, -0.2) is 9.18 Å². The van der Waals surface area contributed by atoms with Crippen molar-refractivity contribution in [3.05, 3.63) is 35.1 Å². The van der Waals surface area contributed by atoms with Gasteiger partial charge in [0.1, 0.15) is 11.4 Å². The second-order valence-corrected chi connectivity index (χ2v) is 7.50. The number of hydrogen-bond acceptors (Lipinski definition) is 3. The fraction of sp³-hybridized carbons (Fsp3) is 0.611. The Labute approximate surface area is 149 Å². The van der Waals surface area contributed by atoms with Crippen molar-refractivity contribution < 1.29 is 32.2 Å². The third kappa shape index (κ3) is 4.87. The van der Waals surface area contributed by atoms with Crippen molar-refractivity contribution >= 4 is 6.09 Å². The SMILES string of the molecule is CC(C)(C)OC(=O)N1CC[C@H](c2ccc(F)c(C(F)(F)F)c2)[C@@H](CO)C1. The van der Waals surface area contributed by atoms with E-state index in [4.69, 9.17) is 4.74 Å². The average Bonchev–Trinajstić information content (AvgIpc) is 2.52. The zero-order valence-corrected chi connectivity index (χ0v) is 14.9. The zero-order valence-electron chi connectivity index (χ0n) is 14.9. The molecule has 2 rings (SSSR count). The Morgan fingerprint density at radius 3 is 2.50 bits per heavy atom. The molecular formula is C18H23F4NO3. The van der Waals surface area contributed by atoms with Crippen LogP contribution in [0.1, 0.15) is 44.2 Å². The van der Waals surface area contributed by atoms with E-state index < -0.39 is 41.1 Å². The fourth-order valence-corrected chi connectivity index (χ4v) is 3.14. The van der Waals surface area contributed by atoms with Crippen molar-refractivity contribution in [1.29, 1.82) is 0 Å². The largest absolute Gasteiger partial charge is 0.444 e. The van der Waals surface area contributed by atoms with Gasteiger partial charge < -0.3 is 14.7 Å². The summed E-state index contributed by atoms with van der Waals surface area (Å²) in [4.78, 5) is 13.6. The highest BCUT2D eigenvalue weighted by Crippen LogP contribution is 2.38. The number of nitrogens with zero attached hydrogens (tertiary/aromatic N) is 1. The van der Waals surface area contributed by atoms with Crippen LogP contribution in [-0.2, 0) is 10.9 Å². The number of ether oxygens (including phenoxy) is 1. The van der Waals surface area contributed by atoms with Crippen LogP contribution in [0.5, 0.6) is 0 Å². The molecule has 0 radical (unpaired) electrons. The predicted molar refractivity (Wildman–Crippen MR) is 87.1 cm³/mol. The molecule has 1 aliphatic heterocycles. The molecule has 0 bridgehead atoms. The van der Waals surface area contributed by atoms with E-state index in [-0.39, 0.29) is 19.7 Å². The highest BCUT2D eigenvalue weighted by molar-refractivity contribution is 5.68. The topological polar surface area (TPSA) is 49.8 Å². The molecule has 1 aromatic carbocycles. The third-order valence-corrected chi connectivity index (χ3v) is 4.34. The van der Waals surface area contributed by atoms with E-state index in [0.29, 0.717) is 12.0 Å². The maximum Gasteiger partial charge on any atom is 0.419 e. The molecule has 1 N–H and O–H groups in total. The van der Waals surface area contributed by atoms with E-state index in [2.05, 4.69) is 0 Å². The summed E-state index contributed by atoms with van der Waals surface area (Å²) < 4.78 is 57.6. The van der Waals surface area contributed by atoms with Gasteiger partial charge in [0.05, 0.1) is 5.56 Å². The lowest BCUT2D eigenvalue weighted by molar-refractivity contribution is -0.140. The van der Waals surface area contributed by atoms with Gasteiger partial charge in [0.2, 0.25) is 0 Å². The number of carbonyl (C=O) groups excluding carboxylic acids is 1. The lowest BCUT2D eigenvalue weighted by Crippen LogP contribution is -2.46.